The van der Waals surface area contributed by atoms with Crippen LogP contribution < -0.4 is 8.08 Å². The van der Waals surface area contributed by atoms with Crippen LogP contribution in [-0.4, -0.2) is 8.42 Å². The second-order valence-electron chi connectivity index (χ2n) is 4.89. The van der Waals surface area contributed by atoms with Crippen LogP contribution in [0.25, 0.3) is 10.1 Å². The lowest BCUT2D eigenvalue weighted by molar-refractivity contribution is -0.638. The fraction of sp³-hybridized carbons (Fsp3) is 0.133. The standard InChI is InChI=1S/C15H15N2O2S3/c1-11-7-9-12(10-8-11)22(18,19)16-20-15-13-5-3-4-6-14(13)21-17(15)2/h3-10,16H,1-2H3/q+1. The molecule has 0 amide bonds. The third kappa shape index (κ3) is 3.03. The monoisotopic (exact) mass is 351 g/mol. The molecule has 0 fully saturated rings. The van der Waals surface area contributed by atoms with Crippen LogP contribution in [0.3, 0.4) is 0 Å². The molecule has 0 bridgehead atoms. The number of aromatic nitrogens is 1. The van der Waals surface area contributed by atoms with Crippen LogP contribution in [-0.2, 0) is 17.1 Å². The van der Waals surface area contributed by atoms with Crippen LogP contribution in [0.1, 0.15) is 5.56 Å². The van der Waals surface area contributed by atoms with E-state index in [9.17, 15) is 8.42 Å². The number of benzene rings is 2. The van der Waals surface area contributed by atoms with Gasteiger partial charge in [-0.25, -0.2) is 8.42 Å². The Kier molecular flexibility index (Phi) is 4.22. The maximum Gasteiger partial charge on any atom is 0.277 e. The predicted octanol–water partition coefficient (Wildman–Crippen LogP) is 3.02. The van der Waals surface area contributed by atoms with Crippen LogP contribution in [0, 0.1) is 6.92 Å². The highest BCUT2D eigenvalue weighted by atomic mass is 32.3. The summed E-state index contributed by atoms with van der Waals surface area (Å²) in [6.07, 6.45) is 0. The molecule has 1 N–H and O–H groups in total. The highest BCUT2D eigenvalue weighted by Gasteiger charge is 2.22. The molecule has 1 aromatic heterocycles. The number of aryl methyl sites for hydroxylation is 2. The molecule has 1 heterocycles. The van der Waals surface area contributed by atoms with E-state index in [4.69, 9.17) is 0 Å². The van der Waals surface area contributed by atoms with Crippen LogP contribution in [0.15, 0.2) is 58.5 Å². The molecule has 3 aromatic rings. The Bertz CT molecular complexity index is 916. The first kappa shape index (κ1) is 15.5. The Balaban J connectivity index is 1.87. The second-order valence-corrected chi connectivity index (χ2v) is 8.80. The quantitative estimate of drug-likeness (QED) is 0.581. The fourth-order valence-electron chi connectivity index (χ4n) is 2.06. The van der Waals surface area contributed by atoms with E-state index in [-0.39, 0.29) is 4.90 Å². The molecule has 0 radical (unpaired) electrons. The van der Waals surface area contributed by atoms with E-state index in [1.165, 1.54) is 0 Å². The van der Waals surface area contributed by atoms with E-state index >= 15 is 0 Å². The molecule has 3 rings (SSSR count). The summed E-state index contributed by atoms with van der Waals surface area (Å²) >= 11 is 2.71. The fourth-order valence-corrected chi connectivity index (χ4v) is 5.28. The molecular weight excluding hydrogens is 336 g/mol. The van der Waals surface area contributed by atoms with E-state index in [2.05, 4.69) is 4.13 Å². The highest BCUT2D eigenvalue weighted by molar-refractivity contribution is 8.09. The van der Waals surface area contributed by atoms with Gasteiger partial charge in [0.15, 0.2) is 7.05 Å². The maximum atomic E-state index is 12.3. The summed E-state index contributed by atoms with van der Waals surface area (Å²) in [4.78, 5) is 0.271. The number of fused-ring (bicyclic) bond motifs is 1. The smallest absolute Gasteiger partial charge is 0.206 e. The minimum Gasteiger partial charge on any atom is -0.206 e. The summed E-state index contributed by atoms with van der Waals surface area (Å²) in [5.74, 6) is 0. The van der Waals surface area contributed by atoms with Crippen LogP contribution >= 0.6 is 23.5 Å². The molecule has 114 valence electrons. The van der Waals surface area contributed by atoms with E-state index in [1.54, 1.807) is 35.8 Å². The molecule has 0 saturated carbocycles. The van der Waals surface area contributed by atoms with Gasteiger partial charge in [-0.3, -0.25) is 0 Å². The van der Waals surface area contributed by atoms with Crippen molar-refractivity contribution in [3.8, 4) is 0 Å². The number of hydrogen-bond donors (Lipinski definition) is 1. The Hall–Kier alpha value is -1.41. The van der Waals surface area contributed by atoms with Crippen LogP contribution in [0.2, 0.25) is 0 Å². The van der Waals surface area contributed by atoms with E-state index in [1.807, 2.05) is 42.2 Å². The van der Waals surface area contributed by atoms with Gasteiger partial charge in [-0.05, 0) is 31.2 Å². The van der Waals surface area contributed by atoms with Crippen molar-refractivity contribution in [2.45, 2.75) is 16.8 Å². The van der Waals surface area contributed by atoms with Gasteiger partial charge in [-0.1, -0.05) is 29.8 Å². The number of rotatable bonds is 4. The van der Waals surface area contributed by atoms with Crippen molar-refractivity contribution in [3.05, 3.63) is 54.1 Å². The van der Waals surface area contributed by atoms with Crippen molar-refractivity contribution in [2.75, 3.05) is 0 Å². The molecule has 0 aliphatic heterocycles. The van der Waals surface area contributed by atoms with Crippen molar-refractivity contribution in [1.82, 2.24) is 4.13 Å². The summed E-state index contributed by atoms with van der Waals surface area (Å²) in [5, 5.41) is 1.93. The van der Waals surface area contributed by atoms with Gasteiger partial charge in [0.05, 0.1) is 10.3 Å². The lowest BCUT2D eigenvalue weighted by Gasteiger charge is -2.04. The zero-order valence-corrected chi connectivity index (χ0v) is 14.6. The Morgan fingerprint density at radius 2 is 1.77 bits per heavy atom. The summed E-state index contributed by atoms with van der Waals surface area (Å²) in [6.45, 7) is 1.93. The zero-order valence-electron chi connectivity index (χ0n) is 12.1. The summed E-state index contributed by atoms with van der Waals surface area (Å²) in [6, 6.07) is 14.8. The van der Waals surface area contributed by atoms with Gasteiger partial charge in [0.1, 0.15) is 16.2 Å². The summed E-state index contributed by atoms with van der Waals surface area (Å²) in [5.41, 5.74) is 1.03. The first-order valence-electron chi connectivity index (χ1n) is 6.61. The van der Waals surface area contributed by atoms with Gasteiger partial charge in [0, 0.05) is 11.9 Å². The minimum atomic E-state index is -3.53. The molecule has 0 aliphatic rings. The molecule has 0 atom stereocenters. The summed E-state index contributed by atoms with van der Waals surface area (Å²) < 4.78 is 30.4. The van der Waals surface area contributed by atoms with Crippen molar-refractivity contribution >= 4 is 43.6 Å². The maximum absolute atomic E-state index is 12.3. The highest BCUT2D eigenvalue weighted by Crippen LogP contribution is 2.27. The Labute approximate surface area is 138 Å². The van der Waals surface area contributed by atoms with Crippen molar-refractivity contribution in [1.29, 1.82) is 0 Å². The van der Waals surface area contributed by atoms with E-state index in [0.29, 0.717) is 0 Å². The molecule has 22 heavy (non-hydrogen) atoms. The minimum absolute atomic E-state index is 0.271. The molecule has 0 spiro atoms. The number of sulfonamides is 1. The first-order chi connectivity index (χ1) is 10.5. The third-order valence-electron chi connectivity index (χ3n) is 3.22. The molecule has 7 heteroatoms. The third-order valence-corrected chi connectivity index (χ3v) is 7.13. The van der Waals surface area contributed by atoms with E-state index < -0.39 is 10.0 Å². The van der Waals surface area contributed by atoms with Crippen LogP contribution in [0.5, 0.6) is 0 Å². The average molecular weight is 351 g/mol. The molecule has 2 aromatic carbocycles. The normalized spacial score (nSPS) is 11.9. The van der Waals surface area contributed by atoms with Crippen molar-refractivity contribution in [3.63, 3.8) is 0 Å². The van der Waals surface area contributed by atoms with Gasteiger partial charge >= 0.3 is 0 Å². The average Bonchev–Trinajstić information content (AvgIpc) is 2.81. The molecule has 4 nitrogen and oxygen atoms in total. The van der Waals surface area contributed by atoms with Crippen molar-refractivity contribution < 1.29 is 12.4 Å². The molecular formula is C15H15N2O2S3+. The topological polar surface area (TPSA) is 50.1 Å². The van der Waals surface area contributed by atoms with Crippen LogP contribution in [0.4, 0.5) is 0 Å². The lowest BCUT2D eigenvalue weighted by atomic mass is 10.2. The number of nitrogens with zero attached hydrogens (tertiary/aromatic N) is 1. The lowest BCUT2D eigenvalue weighted by Crippen LogP contribution is -2.27. The predicted molar refractivity (Wildman–Crippen MR) is 90.4 cm³/mol. The molecule has 0 unspecified atom stereocenters. The van der Waals surface area contributed by atoms with E-state index in [0.717, 1.165) is 32.6 Å². The SMILES string of the molecule is Cc1ccc(S(=O)(=O)NSc2c3ccccc3s[n+]2C)cc1. The van der Waals surface area contributed by atoms with Crippen molar-refractivity contribution in [2.24, 2.45) is 7.05 Å². The van der Waals surface area contributed by atoms with Gasteiger partial charge in [-0.15, -0.1) is 8.08 Å². The first-order valence-corrected chi connectivity index (χ1v) is 9.68. The number of nitrogens with one attached hydrogen (secondary N) is 1. The Morgan fingerprint density at radius 1 is 1.09 bits per heavy atom. The van der Waals surface area contributed by atoms with Gasteiger partial charge in [0.25, 0.3) is 5.03 Å². The van der Waals surface area contributed by atoms with Gasteiger partial charge < -0.3 is 0 Å². The largest absolute Gasteiger partial charge is 0.277 e. The van der Waals surface area contributed by atoms with Gasteiger partial charge in [0.2, 0.25) is 10.0 Å². The molecule has 0 aliphatic carbocycles. The second kappa shape index (κ2) is 6.00. The Morgan fingerprint density at radius 3 is 2.50 bits per heavy atom. The number of hydrogen-bond acceptors (Lipinski definition) is 4. The molecule has 0 saturated heterocycles. The summed E-state index contributed by atoms with van der Waals surface area (Å²) in [7, 11) is -1.61. The zero-order chi connectivity index (χ0) is 15.7. The van der Waals surface area contributed by atoms with Gasteiger partial charge in [-0.2, -0.15) is 0 Å².